The van der Waals surface area contributed by atoms with Gasteiger partial charge in [0.15, 0.2) is 0 Å². The maximum atomic E-state index is 11.5. The smallest absolute Gasteiger partial charge is 0.256 e. The van der Waals surface area contributed by atoms with Gasteiger partial charge in [0.2, 0.25) is 0 Å². The van der Waals surface area contributed by atoms with Gasteiger partial charge in [-0.1, -0.05) is 13.8 Å². The van der Waals surface area contributed by atoms with Crippen LogP contribution in [0.3, 0.4) is 0 Å². The molecule has 1 aromatic rings. The molecule has 0 amide bonds. The summed E-state index contributed by atoms with van der Waals surface area (Å²) in [5.41, 5.74) is 6.14. The number of anilines is 1. The normalized spacial score (nSPS) is 10.4. The van der Waals surface area contributed by atoms with E-state index in [1.165, 1.54) is 0 Å². The van der Waals surface area contributed by atoms with Crippen LogP contribution in [0.2, 0.25) is 0 Å². The molecule has 0 aliphatic heterocycles. The maximum absolute atomic E-state index is 11.5. The molecule has 1 aromatic heterocycles. The van der Waals surface area contributed by atoms with E-state index in [1.54, 1.807) is 11.8 Å². The minimum absolute atomic E-state index is 0.105. The molecule has 4 nitrogen and oxygen atoms in total. The maximum Gasteiger partial charge on any atom is 0.256 e. The first-order valence-electron chi connectivity index (χ1n) is 4.64. The second kappa shape index (κ2) is 5.05. The predicted molar refractivity (Wildman–Crippen MR) is 60.5 cm³/mol. The number of H-pyrrole nitrogens is 1. The lowest BCUT2D eigenvalue weighted by Gasteiger charge is -2.04. The average Bonchev–Trinajstić information content (AvgIpc) is 2.14. The average molecular weight is 213 g/mol. The number of aromatic amines is 1. The van der Waals surface area contributed by atoms with Crippen molar-refractivity contribution in [2.24, 2.45) is 0 Å². The second-order valence-corrected chi connectivity index (χ2v) is 4.14. The summed E-state index contributed by atoms with van der Waals surface area (Å²) in [6, 6.07) is 0. The van der Waals surface area contributed by atoms with E-state index in [0.29, 0.717) is 29.4 Å². The molecule has 0 saturated heterocycles. The summed E-state index contributed by atoms with van der Waals surface area (Å²) in [4.78, 5) is 18.3. The van der Waals surface area contributed by atoms with E-state index in [4.69, 9.17) is 5.73 Å². The monoisotopic (exact) mass is 213 g/mol. The topological polar surface area (TPSA) is 71.8 Å². The minimum Gasteiger partial charge on any atom is -0.383 e. The Labute approximate surface area is 87.3 Å². The molecule has 0 aromatic carbocycles. The van der Waals surface area contributed by atoms with E-state index < -0.39 is 0 Å². The van der Waals surface area contributed by atoms with Gasteiger partial charge in [-0.2, -0.15) is 11.8 Å². The molecule has 1 rings (SSSR count). The lowest BCUT2D eigenvalue weighted by molar-refractivity contribution is 0.953. The molecule has 5 heteroatoms. The molecule has 1 heterocycles. The Kier molecular flexibility index (Phi) is 4.00. The molecular weight excluding hydrogens is 198 g/mol. The van der Waals surface area contributed by atoms with Crippen LogP contribution in [-0.4, -0.2) is 15.7 Å². The van der Waals surface area contributed by atoms with E-state index in [2.05, 4.69) is 16.9 Å². The highest BCUT2D eigenvalue weighted by atomic mass is 32.2. The van der Waals surface area contributed by atoms with Gasteiger partial charge in [0, 0.05) is 0 Å². The third-order valence-electron chi connectivity index (χ3n) is 1.89. The number of hydrogen-bond donors (Lipinski definition) is 2. The highest BCUT2D eigenvalue weighted by molar-refractivity contribution is 7.98. The van der Waals surface area contributed by atoms with Crippen molar-refractivity contribution >= 4 is 17.6 Å². The summed E-state index contributed by atoms with van der Waals surface area (Å²) in [5, 5.41) is 0. The van der Waals surface area contributed by atoms with E-state index in [9.17, 15) is 4.79 Å². The fraction of sp³-hybridized carbons (Fsp3) is 0.556. The van der Waals surface area contributed by atoms with Crippen molar-refractivity contribution < 1.29 is 0 Å². The lowest BCUT2D eigenvalue weighted by atomic mass is 10.2. The van der Waals surface area contributed by atoms with Gasteiger partial charge >= 0.3 is 0 Å². The molecule has 14 heavy (non-hydrogen) atoms. The number of rotatable bonds is 4. The quantitative estimate of drug-likeness (QED) is 0.787. The first kappa shape index (κ1) is 11.1. The zero-order valence-corrected chi connectivity index (χ0v) is 9.28. The van der Waals surface area contributed by atoms with Crippen LogP contribution in [0.4, 0.5) is 5.82 Å². The molecule has 0 bridgehead atoms. The molecule has 0 aliphatic rings. The first-order chi connectivity index (χ1) is 6.69. The Bertz CT molecular complexity index is 362. The number of nitrogens with one attached hydrogen (secondary N) is 1. The summed E-state index contributed by atoms with van der Waals surface area (Å²) < 4.78 is 0. The molecule has 0 spiro atoms. The van der Waals surface area contributed by atoms with Crippen LogP contribution in [0, 0.1) is 0 Å². The third-order valence-corrected chi connectivity index (χ3v) is 2.78. The van der Waals surface area contributed by atoms with Crippen molar-refractivity contribution in [3.8, 4) is 0 Å². The largest absolute Gasteiger partial charge is 0.383 e. The molecule has 0 aliphatic carbocycles. The SMILES string of the molecule is CCSCc1nc(N)c(CC)c(=O)[nH]1. The van der Waals surface area contributed by atoms with Gasteiger partial charge in [0.05, 0.1) is 11.3 Å². The van der Waals surface area contributed by atoms with Gasteiger partial charge in [-0.05, 0) is 12.2 Å². The predicted octanol–water partition coefficient (Wildman–Crippen LogP) is 1.17. The lowest BCUT2D eigenvalue weighted by Crippen LogP contribution is -2.18. The van der Waals surface area contributed by atoms with Crippen molar-refractivity contribution in [2.45, 2.75) is 26.0 Å². The van der Waals surface area contributed by atoms with Gasteiger partial charge in [-0.15, -0.1) is 0 Å². The Morgan fingerprint density at radius 1 is 1.50 bits per heavy atom. The molecule has 78 valence electrons. The van der Waals surface area contributed by atoms with E-state index in [1.807, 2.05) is 6.92 Å². The van der Waals surface area contributed by atoms with E-state index in [0.717, 1.165) is 5.75 Å². The van der Waals surface area contributed by atoms with Crippen molar-refractivity contribution in [3.05, 3.63) is 21.7 Å². The molecule has 0 atom stereocenters. The highest BCUT2D eigenvalue weighted by Gasteiger charge is 2.06. The van der Waals surface area contributed by atoms with Gasteiger partial charge in [0.1, 0.15) is 11.6 Å². The van der Waals surface area contributed by atoms with Crippen molar-refractivity contribution in [1.29, 1.82) is 0 Å². The highest BCUT2D eigenvalue weighted by Crippen LogP contribution is 2.09. The Balaban J connectivity index is 2.96. The van der Waals surface area contributed by atoms with Crippen LogP contribution >= 0.6 is 11.8 Å². The molecule has 0 radical (unpaired) electrons. The fourth-order valence-corrected chi connectivity index (χ4v) is 1.71. The summed E-state index contributed by atoms with van der Waals surface area (Å²) >= 11 is 1.70. The van der Waals surface area contributed by atoms with Crippen LogP contribution in [0.5, 0.6) is 0 Å². The molecular formula is C9H15N3OS. The molecule has 0 unspecified atom stereocenters. The van der Waals surface area contributed by atoms with Gasteiger partial charge < -0.3 is 10.7 Å². The molecule has 3 N–H and O–H groups in total. The first-order valence-corrected chi connectivity index (χ1v) is 5.79. The Hall–Kier alpha value is -0.970. The second-order valence-electron chi connectivity index (χ2n) is 2.87. The third kappa shape index (κ3) is 2.51. The number of aromatic nitrogens is 2. The van der Waals surface area contributed by atoms with Crippen LogP contribution in [0.25, 0.3) is 0 Å². The van der Waals surface area contributed by atoms with Gasteiger partial charge in [0.25, 0.3) is 5.56 Å². The minimum atomic E-state index is -0.105. The van der Waals surface area contributed by atoms with Crippen LogP contribution in [-0.2, 0) is 12.2 Å². The number of hydrogen-bond acceptors (Lipinski definition) is 4. The van der Waals surface area contributed by atoms with Gasteiger partial charge in [-0.3, -0.25) is 4.79 Å². The fourth-order valence-electron chi connectivity index (χ4n) is 1.17. The number of nitrogens with two attached hydrogens (primary N) is 1. The number of nitrogens with zero attached hydrogens (tertiary/aromatic N) is 1. The van der Waals surface area contributed by atoms with E-state index in [-0.39, 0.29) is 5.56 Å². The molecule has 0 fully saturated rings. The van der Waals surface area contributed by atoms with Crippen LogP contribution in [0.15, 0.2) is 4.79 Å². The van der Waals surface area contributed by atoms with Crippen LogP contribution < -0.4 is 11.3 Å². The Morgan fingerprint density at radius 2 is 2.21 bits per heavy atom. The zero-order valence-electron chi connectivity index (χ0n) is 8.46. The van der Waals surface area contributed by atoms with Gasteiger partial charge in [-0.25, -0.2) is 4.98 Å². The van der Waals surface area contributed by atoms with Crippen molar-refractivity contribution in [2.75, 3.05) is 11.5 Å². The summed E-state index contributed by atoms with van der Waals surface area (Å²) in [6.07, 6.45) is 0.620. The summed E-state index contributed by atoms with van der Waals surface area (Å²) in [5.74, 6) is 2.73. The van der Waals surface area contributed by atoms with Crippen molar-refractivity contribution in [3.63, 3.8) is 0 Å². The Morgan fingerprint density at radius 3 is 2.71 bits per heavy atom. The standard InChI is InChI=1S/C9H15N3OS/c1-3-6-8(10)11-7(5-14-4-2)12-9(6)13/h3-5H2,1-2H3,(H3,10,11,12,13). The number of thioether (sulfide) groups is 1. The number of nitrogen functional groups attached to an aromatic ring is 1. The van der Waals surface area contributed by atoms with Crippen molar-refractivity contribution in [1.82, 2.24) is 9.97 Å². The van der Waals surface area contributed by atoms with E-state index >= 15 is 0 Å². The zero-order chi connectivity index (χ0) is 10.6. The van der Waals surface area contributed by atoms with Crippen LogP contribution in [0.1, 0.15) is 25.2 Å². The summed E-state index contributed by atoms with van der Waals surface area (Å²) in [6.45, 7) is 3.95. The molecule has 0 saturated carbocycles. The summed E-state index contributed by atoms with van der Waals surface area (Å²) in [7, 11) is 0.